The number of aromatic nitrogens is 2. The van der Waals surface area contributed by atoms with Gasteiger partial charge in [0.05, 0.1) is 11.6 Å². The predicted octanol–water partition coefficient (Wildman–Crippen LogP) is 4.17. The molecule has 1 aromatic heterocycles. The third kappa shape index (κ3) is 7.33. The summed E-state index contributed by atoms with van der Waals surface area (Å²) < 4.78 is 8.17. The maximum absolute atomic E-state index is 8.98. The molecule has 0 bridgehead atoms. The monoisotopic (exact) mass is 489 g/mol. The van der Waals surface area contributed by atoms with Crippen molar-refractivity contribution in [2.75, 3.05) is 63.6 Å². The largest absolute Gasteiger partial charge is 0.492 e. The number of hydrogen-bond donors (Lipinski definition) is 1. The molecule has 1 aliphatic rings. The SMILES string of the molecule is Cc1cc(Nc2ccc(C#N)cc2)nc(N2CCN(Sc3ccc(OCCN(C)C)cc3)CC2)n1. The van der Waals surface area contributed by atoms with E-state index in [-0.39, 0.29) is 0 Å². The van der Waals surface area contributed by atoms with Crippen LogP contribution >= 0.6 is 11.9 Å². The molecule has 2 heterocycles. The summed E-state index contributed by atoms with van der Waals surface area (Å²) in [5.41, 5.74) is 2.44. The van der Waals surface area contributed by atoms with Crippen molar-refractivity contribution >= 4 is 29.4 Å². The second-order valence-corrected chi connectivity index (χ2v) is 9.81. The van der Waals surface area contributed by atoms with Gasteiger partial charge in [-0.3, -0.25) is 0 Å². The molecule has 0 radical (unpaired) electrons. The summed E-state index contributed by atoms with van der Waals surface area (Å²) in [5, 5.41) is 12.3. The highest BCUT2D eigenvalue weighted by atomic mass is 32.2. The Labute approximate surface area is 211 Å². The van der Waals surface area contributed by atoms with Gasteiger partial charge in [-0.2, -0.15) is 10.2 Å². The molecule has 2 aromatic carbocycles. The quantitative estimate of drug-likeness (QED) is 0.445. The molecule has 1 saturated heterocycles. The first-order valence-corrected chi connectivity index (χ1v) is 12.4. The highest BCUT2D eigenvalue weighted by molar-refractivity contribution is 7.97. The lowest BCUT2D eigenvalue weighted by Gasteiger charge is -2.34. The Bertz CT molecular complexity index is 1140. The molecule has 182 valence electrons. The average Bonchev–Trinajstić information content (AvgIpc) is 2.85. The fourth-order valence-electron chi connectivity index (χ4n) is 3.61. The second kappa shape index (κ2) is 11.9. The molecule has 0 aliphatic carbocycles. The highest BCUT2D eigenvalue weighted by Crippen LogP contribution is 2.27. The van der Waals surface area contributed by atoms with Crippen molar-refractivity contribution in [1.82, 2.24) is 19.2 Å². The lowest BCUT2D eigenvalue weighted by molar-refractivity contribution is 0.261. The molecule has 0 amide bonds. The molecule has 0 saturated carbocycles. The van der Waals surface area contributed by atoms with Crippen molar-refractivity contribution in [3.05, 3.63) is 65.9 Å². The van der Waals surface area contributed by atoms with Crippen molar-refractivity contribution in [2.24, 2.45) is 0 Å². The van der Waals surface area contributed by atoms with Gasteiger partial charge in [0.2, 0.25) is 5.95 Å². The Morgan fingerprint density at radius 3 is 2.40 bits per heavy atom. The molecule has 1 aliphatic heterocycles. The van der Waals surface area contributed by atoms with Gasteiger partial charge in [-0.05, 0) is 81.5 Å². The van der Waals surface area contributed by atoms with Crippen molar-refractivity contribution in [3.8, 4) is 11.8 Å². The van der Waals surface area contributed by atoms with E-state index < -0.39 is 0 Å². The number of benzene rings is 2. The van der Waals surface area contributed by atoms with E-state index in [0.717, 1.165) is 61.6 Å². The minimum absolute atomic E-state index is 0.634. The minimum atomic E-state index is 0.634. The van der Waals surface area contributed by atoms with Crippen LogP contribution in [0.5, 0.6) is 5.75 Å². The second-order valence-electron chi connectivity index (χ2n) is 8.64. The smallest absolute Gasteiger partial charge is 0.227 e. The van der Waals surface area contributed by atoms with Gasteiger partial charge >= 0.3 is 0 Å². The fourth-order valence-corrected chi connectivity index (χ4v) is 4.51. The topological polar surface area (TPSA) is 80.5 Å². The van der Waals surface area contributed by atoms with Gasteiger partial charge in [0, 0.05) is 55.1 Å². The molecule has 1 fully saturated rings. The fraction of sp³-hybridized carbons (Fsp3) is 0.346. The van der Waals surface area contributed by atoms with Crippen LogP contribution in [0.15, 0.2) is 59.5 Å². The van der Waals surface area contributed by atoms with Crippen molar-refractivity contribution < 1.29 is 4.74 Å². The van der Waals surface area contributed by atoms with Crippen LogP contribution < -0.4 is 15.0 Å². The summed E-state index contributed by atoms with van der Waals surface area (Å²) >= 11 is 1.78. The summed E-state index contributed by atoms with van der Waals surface area (Å²) in [6, 6.07) is 19.7. The van der Waals surface area contributed by atoms with Crippen LogP contribution in [0.1, 0.15) is 11.3 Å². The molecule has 9 heteroatoms. The maximum atomic E-state index is 8.98. The number of nitriles is 1. The van der Waals surface area contributed by atoms with Gasteiger partial charge in [0.15, 0.2) is 0 Å². The maximum Gasteiger partial charge on any atom is 0.227 e. The van der Waals surface area contributed by atoms with Gasteiger partial charge in [0.1, 0.15) is 18.2 Å². The number of ether oxygens (including phenoxy) is 1. The number of hydrogen-bond acceptors (Lipinski definition) is 9. The third-order valence-corrected chi connectivity index (χ3v) is 6.62. The normalized spacial score (nSPS) is 14.1. The van der Waals surface area contributed by atoms with Gasteiger partial charge in [-0.15, -0.1) is 0 Å². The Hall–Kier alpha value is -3.32. The van der Waals surface area contributed by atoms with E-state index in [9.17, 15) is 0 Å². The minimum Gasteiger partial charge on any atom is -0.492 e. The van der Waals surface area contributed by atoms with Crippen LogP contribution in [0.2, 0.25) is 0 Å². The van der Waals surface area contributed by atoms with Gasteiger partial charge in [-0.25, -0.2) is 9.29 Å². The van der Waals surface area contributed by atoms with Gasteiger partial charge < -0.3 is 19.9 Å². The summed E-state index contributed by atoms with van der Waals surface area (Å²) in [6.45, 7) is 7.13. The molecule has 0 spiro atoms. The molecular weight excluding hydrogens is 458 g/mol. The lowest BCUT2D eigenvalue weighted by Crippen LogP contribution is -2.44. The molecule has 1 N–H and O–H groups in total. The van der Waals surface area contributed by atoms with E-state index >= 15 is 0 Å². The van der Waals surface area contributed by atoms with Crippen LogP contribution in [0.25, 0.3) is 0 Å². The van der Waals surface area contributed by atoms with Crippen LogP contribution in [-0.4, -0.2) is 72.6 Å². The zero-order valence-corrected chi connectivity index (χ0v) is 21.3. The summed E-state index contributed by atoms with van der Waals surface area (Å²) in [4.78, 5) is 15.0. The molecular formula is C26H31N7OS. The molecule has 0 atom stereocenters. The lowest BCUT2D eigenvalue weighted by atomic mass is 10.2. The Kier molecular flexibility index (Phi) is 8.42. The predicted molar refractivity (Wildman–Crippen MR) is 141 cm³/mol. The number of aryl methyl sites for hydroxylation is 1. The molecule has 0 unspecified atom stereocenters. The molecule has 3 aromatic rings. The van der Waals surface area contributed by atoms with E-state index in [1.165, 1.54) is 4.90 Å². The third-order valence-electron chi connectivity index (χ3n) is 5.52. The van der Waals surface area contributed by atoms with Crippen LogP contribution in [0.4, 0.5) is 17.5 Å². The van der Waals surface area contributed by atoms with Crippen molar-refractivity contribution in [3.63, 3.8) is 0 Å². The van der Waals surface area contributed by atoms with Crippen molar-refractivity contribution in [2.45, 2.75) is 11.8 Å². The first kappa shape index (κ1) is 24.8. The molecule has 35 heavy (non-hydrogen) atoms. The van der Waals surface area contributed by atoms with Gasteiger partial charge in [-0.1, -0.05) is 0 Å². The number of piperazine rings is 1. The summed E-state index contributed by atoms with van der Waals surface area (Å²) in [6.07, 6.45) is 0. The average molecular weight is 490 g/mol. The number of nitrogens with zero attached hydrogens (tertiary/aromatic N) is 6. The highest BCUT2D eigenvalue weighted by Gasteiger charge is 2.20. The molecule has 8 nitrogen and oxygen atoms in total. The first-order valence-electron chi connectivity index (χ1n) is 11.7. The number of rotatable bonds is 9. The van der Waals surface area contributed by atoms with Crippen LogP contribution in [0, 0.1) is 18.3 Å². The first-order chi connectivity index (χ1) is 17.0. The Morgan fingerprint density at radius 2 is 1.74 bits per heavy atom. The standard InChI is InChI=1S/C26H31N7OS/c1-20-18-25(29-22-6-4-21(19-27)5-7-22)30-26(28-20)32-12-14-33(15-13-32)35-24-10-8-23(9-11-24)34-17-16-31(2)3/h4-11,18H,12-17H2,1-3H3,(H,28,29,30). The van der Waals surface area contributed by atoms with Crippen LogP contribution in [0.3, 0.4) is 0 Å². The Morgan fingerprint density at radius 1 is 1.03 bits per heavy atom. The number of nitrogens with one attached hydrogen (secondary N) is 1. The molecule has 4 rings (SSSR count). The van der Waals surface area contributed by atoms with E-state index in [1.54, 1.807) is 24.1 Å². The van der Waals surface area contributed by atoms with E-state index in [4.69, 9.17) is 15.0 Å². The summed E-state index contributed by atoms with van der Waals surface area (Å²) in [7, 11) is 4.09. The Balaban J connectivity index is 1.30. The number of anilines is 3. The summed E-state index contributed by atoms with van der Waals surface area (Å²) in [5.74, 6) is 2.40. The van der Waals surface area contributed by atoms with E-state index in [1.807, 2.05) is 51.4 Å². The van der Waals surface area contributed by atoms with E-state index in [2.05, 4.69) is 42.6 Å². The van der Waals surface area contributed by atoms with Crippen LogP contribution in [-0.2, 0) is 0 Å². The zero-order chi connectivity index (χ0) is 24.6. The number of likely N-dealkylation sites (N-methyl/N-ethyl adjacent to an activating group) is 1. The van der Waals surface area contributed by atoms with E-state index in [0.29, 0.717) is 12.2 Å². The van der Waals surface area contributed by atoms with Gasteiger partial charge in [0.25, 0.3) is 0 Å². The zero-order valence-electron chi connectivity index (χ0n) is 20.4. The van der Waals surface area contributed by atoms with Crippen molar-refractivity contribution in [1.29, 1.82) is 5.26 Å².